The van der Waals surface area contributed by atoms with E-state index in [1.807, 2.05) is 0 Å². The molecule has 0 unspecified atom stereocenters. The molecule has 1 aromatic rings. The first-order chi connectivity index (χ1) is 7.22. The van der Waals surface area contributed by atoms with Gasteiger partial charge in [0.2, 0.25) is 0 Å². The van der Waals surface area contributed by atoms with E-state index in [0.29, 0.717) is 6.04 Å². The third-order valence-corrected chi connectivity index (χ3v) is 2.99. The molecule has 1 aromatic carbocycles. The molecule has 0 spiro atoms. The Morgan fingerprint density at radius 2 is 1.93 bits per heavy atom. The fourth-order valence-corrected chi connectivity index (χ4v) is 1.84. The Morgan fingerprint density at radius 1 is 1.27 bits per heavy atom. The molecular formula is C12H19NOS. The second-order valence-electron chi connectivity index (χ2n) is 3.75. The minimum absolute atomic E-state index is 0.237. The molecule has 0 aliphatic carbocycles. The summed E-state index contributed by atoms with van der Waals surface area (Å²) in [6.45, 7) is 5.45. The highest BCUT2D eigenvalue weighted by Crippen LogP contribution is 2.17. The predicted octanol–water partition coefficient (Wildman–Crippen LogP) is 2.27. The first-order valence-corrected chi connectivity index (χ1v) is 6.27. The minimum atomic E-state index is 0.237. The normalized spacial score (nSPS) is 10.9. The van der Waals surface area contributed by atoms with E-state index in [2.05, 4.69) is 43.4 Å². The maximum atomic E-state index is 8.70. The van der Waals surface area contributed by atoms with Gasteiger partial charge in [-0.2, -0.15) is 0 Å². The third-order valence-electron chi connectivity index (χ3n) is 2.00. The minimum Gasteiger partial charge on any atom is -0.396 e. The van der Waals surface area contributed by atoms with Crippen molar-refractivity contribution < 1.29 is 5.11 Å². The van der Waals surface area contributed by atoms with Crippen molar-refractivity contribution in [3.05, 3.63) is 29.8 Å². The van der Waals surface area contributed by atoms with E-state index in [-0.39, 0.29) is 6.61 Å². The average Bonchev–Trinajstić information content (AvgIpc) is 2.25. The number of nitrogens with one attached hydrogen (secondary N) is 1. The molecule has 0 fully saturated rings. The predicted molar refractivity (Wildman–Crippen MR) is 66.2 cm³/mol. The van der Waals surface area contributed by atoms with E-state index in [1.54, 1.807) is 11.8 Å². The van der Waals surface area contributed by atoms with Gasteiger partial charge in [-0.25, -0.2) is 0 Å². The van der Waals surface area contributed by atoms with E-state index < -0.39 is 0 Å². The fraction of sp³-hybridized carbons (Fsp3) is 0.500. The monoisotopic (exact) mass is 225 g/mol. The highest BCUT2D eigenvalue weighted by molar-refractivity contribution is 7.99. The van der Waals surface area contributed by atoms with Gasteiger partial charge in [-0.3, -0.25) is 0 Å². The van der Waals surface area contributed by atoms with Gasteiger partial charge in [0.1, 0.15) is 0 Å². The Morgan fingerprint density at radius 3 is 2.47 bits per heavy atom. The molecule has 1 rings (SSSR count). The van der Waals surface area contributed by atoms with Crippen molar-refractivity contribution in [3.8, 4) is 0 Å². The summed E-state index contributed by atoms with van der Waals surface area (Å²) < 4.78 is 0. The number of hydrogen-bond donors (Lipinski definition) is 2. The summed E-state index contributed by atoms with van der Waals surface area (Å²) in [4.78, 5) is 1.22. The van der Waals surface area contributed by atoms with Gasteiger partial charge in [0.25, 0.3) is 0 Å². The van der Waals surface area contributed by atoms with Gasteiger partial charge in [0.15, 0.2) is 0 Å². The summed E-state index contributed by atoms with van der Waals surface area (Å²) in [5, 5.41) is 12.1. The zero-order valence-corrected chi connectivity index (χ0v) is 10.2. The summed E-state index contributed by atoms with van der Waals surface area (Å²) in [6.07, 6.45) is 0. The molecule has 3 heteroatoms. The van der Waals surface area contributed by atoms with Crippen LogP contribution in [0, 0.1) is 0 Å². The second-order valence-corrected chi connectivity index (χ2v) is 4.92. The number of aliphatic hydroxyl groups is 1. The Bertz CT molecular complexity index is 271. The van der Waals surface area contributed by atoms with E-state index in [4.69, 9.17) is 5.11 Å². The Hall–Kier alpha value is -0.510. The second kappa shape index (κ2) is 6.88. The van der Waals surface area contributed by atoms with E-state index in [1.165, 1.54) is 10.5 Å². The van der Waals surface area contributed by atoms with Crippen molar-refractivity contribution in [2.75, 3.05) is 12.4 Å². The third kappa shape index (κ3) is 5.21. The molecule has 0 aromatic heterocycles. The summed E-state index contributed by atoms with van der Waals surface area (Å²) in [5.41, 5.74) is 1.30. The lowest BCUT2D eigenvalue weighted by Gasteiger charge is -2.08. The van der Waals surface area contributed by atoms with Crippen LogP contribution in [0.5, 0.6) is 0 Å². The molecule has 0 aliphatic heterocycles. The lowest BCUT2D eigenvalue weighted by molar-refractivity contribution is 0.322. The molecule has 15 heavy (non-hydrogen) atoms. The number of aliphatic hydroxyl groups excluding tert-OH is 1. The van der Waals surface area contributed by atoms with Crippen LogP contribution in [0.3, 0.4) is 0 Å². The maximum absolute atomic E-state index is 8.70. The molecule has 0 atom stereocenters. The highest BCUT2D eigenvalue weighted by Gasteiger charge is 1.96. The molecule has 0 saturated heterocycles. The van der Waals surface area contributed by atoms with Crippen LogP contribution in [0.1, 0.15) is 19.4 Å². The molecule has 0 amide bonds. The highest BCUT2D eigenvalue weighted by atomic mass is 32.2. The summed E-state index contributed by atoms with van der Waals surface area (Å²) in [7, 11) is 0. The van der Waals surface area contributed by atoms with Crippen molar-refractivity contribution >= 4 is 11.8 Å². The zero-order valence-electron chi connectivity index (χ0n) is 9.36. The fourth-order valence-electron chi connectivity index (χ4n) is 1.19. The van der Waals surface area contributed by atoms with Crippen LogP contribution in [0.25, 0.3) is 0 Å². The van der Waals surface area contributed by atoms with Crippen LogP contribution >= 0.6 is 11.8 Å². The largest absolute Gasteiger partial charge is 0.396 e. The number of thioether (sulfide) groups is 1. The summed E-state index contributed by atoms with van der Waals surface area (Å²) >= 11 is 1.68. The van der Waals surface area contributed by atoms with Crippen molar-refractivity contribution in [3.63, 3.8) is 0 Å². The van der Waals surface area contributed by atoms with Gasteiger partial charge in [0.05, 0.1) is 6.61 Å². The molecule has 0 heterocycles. The quantitative estimate of drug-likeness (QED) is 0.728. The van der Waals surface area contributed by atoms with Gasteiger partial charge >= 0.3 is 0 Å². The first kappa shape index (κ1) is 12.6. The van der Waals surface area contributed by atoms with E-state index >= 15 is 0 Å². The van der Waals surface area contributed by atoms with Crippen LogP contribution in [0.15, 0.2) is 29.2 Å². The Balaban J connectivity index is 2.41. The smallest absolute Gasteiger partial charge is 0.0525 e. The number of hydrogen-bond acceptors (Lipinski definition) is 3. The van der Waals surface area contributed by atoms with Crippen molar-refractivity contribution in [2.24, 2.45) is 0 Å². The standard InChI is InChI=1S/C12H19NOS/c1-10(2)13-9-11-3-5-12(6-4-11)15-8-7-14/h3-6,10,13-14H,7-9H2,1-2H3. The van der Waals surface area contributed by atoms with Gasteiger partial charge in [0, 0.05) is 23.2 Å². The zero-order chi connectivity index (χ0) is 11.1. The van der Waals surface area contributed by atoms with Crippen LogP contribution in [-0.2, 0) is 6.54 Å². The molecule has 0 radical (unpaired) electrons. The Labute approximate surface area is 96.1 Å². The van der Waals surface area contributed by atoms with E-state index in [9.17, 15) is 0 Å². The molecule has 2 nitrogen and oxygen atoms in total. The molecule has 2 N–H and O–H groups in total. The van der Waals surface area contributed by atoms with Gasteiger partial charge < -0.3 is 10.4 Å². The van der Waals surface area contributed by atoms with Crippen LogP contribution < -0.4 is 5.32 Å². The van der Waals surface area contributed by atoms with Crippen molar-refractivity contribution in [1.82, 2.24) is 5.32 Å². The average molecular weight is 225 g/mol. The summed E-state index contributed by atoms with van der Waals surface area (Å²) in [6, 6.07) is 9.01. The molecule has 0 bridgehead atoms. The summed E-state index contributed by atoms with van der Waals surface area (Å²) in [5.74, 6) is 0.767. The molecule has 84 valence electrons. The van der Waals surface area contributed by atoms with Crippen molar-refractivity contribution in [1.29, 1.82) is 0 Å². The van der Waals surface area contributed by atoms with Gasteiger partial charge in [-0.05, 0) is 17.7 Å². The van der Waals surface area contributed by atoms with Crippen LogP contribution in [-0.4, -0.2) is 23.5 Å². The number of benzene rings is 1. The van der Waals surface area contributed by atoms with Gasteiger partial charge in [-0.1, -0.05) is 26.0 Å². The Kier molecular flexibility index (Phi) is 5.76. The maximum Gasteiger partial charge on any atom is 0.0525 e. The topological polar surface area (TPSA) is 32.3 Å². The van der Waals surface area contributed by atoms with Gasteiger partial charge in [-0.15, -0.1) is 11.8 Å². The van der Waals surface area contributed by atoms with Crippen molar-refractivity contribution in [2.45, 2.75) is 31.3 Å². The lowest BCUT2D eigenvalue weighted by Crippen LogP contribution is -2.21. The first-order valence-electron chi connectivity index (χ1n) is 5.28. The lowest BCUT2D eigenvalue weighted by atomic mass is 10.2. The number of rotatable bonds is 6. The SMILES string of the molecule is CC(C)NCc1ccc(SCCO)cc1. The van der Waals surface area contributed by atoms with Crippen LogP contribution in [0.2, 0.25) is 0 Å². The molecule has 0 aliphatic rings. The van der Waals surface area contributed by atoms with Crippen LogP contribution in [0.4, 0.5) is 0 Å². The molecular weight excluding hydrogens is 206 g/mol. The molecule has 0 saturated carbocycles. The van der Waals surface area contributed by atoms with E-state index in [0.717, 1.165) is 12.3 Å².